The molecule has 0 saturated heterocycles. The van der Waals surface area contributed by atoms with Crippen molar-refractivity contribution in [3.8, 4) is 5.75 Å². The van der Waals surface area contributed by atoms with Crippen LogP contribution in [0.3, 0.4) is 0 Å². The summed E-state index contributed by atoms with van der Waals surface area (Å²) in [6, 6.07) is 5.65. The van der Waals surface area contributed by atoms with Crippen LogP contribution in [-0.4, -0.2) is 26.7 Å². The molecular weight excluding hydrogens is 400 g/mol. The van der Waals surface area contributed by atoms with Gasteiger partial charge in [-0.3, -0.25) is 0 Å². The highest BCUT2D eigenvalue weighted by atomic mass is 32.2. The van der Waals surface area contributed by atoms with E-state index in [1.54, 1.807) is 6.07 Å². The normalized spacial score (nSPS) is 30.1. The highest BCUT2D eigenvalue weighted by Crippen LogP contribution is 2.60. The molecule has 1 aromatic carbocycles. The van der Waals surface area contributed by atoms with E-state index < -0.39 is 10.3 Å². The fraction of sp³-hybridized carbons (Fsp3) is 0.652. The molecule has 0 bridgehead atoms. The fourth-order valence-corrected chi connectivity index (χ4v) is 6.59. The van der Waals surface area contributed by atoms with Crippen molar-refractivity contribution >= 4 is 10.3 Å². The van der Waals surface area contributed by atoms with Crippen LogP contribution >= 0.6 is 0 Å². The van der Waals surface area contributed by atoms with Gasteiger partial charge in [-0.15, -0.1) is 0 Å². The van der Waals surface area contributed by atoms with E-state index in [1.165, 1.54) is 23.2 Å². The number of hydrogen-bond donors (Lipinski definition) is 3. The van der Waals surface area contributed by atoms with Gasteiger partial charge < -0.3 is 14.6 Å². The predicted molar refractivity (Wildman–Crippen MR) is 117 cm³/mol. The minimum Gasteiger partial charge on any atom is -0.396 e. The number of hydrogen-bond acceptors (Lipinski definition) is 5. The molecule has 1 saturated carbocycles. The van der Waals surface area contributed by atoms with E-state index in [0.29, 0.717) is 23.5 Å². The molecule has 3 aliphatic carbocycles. The molecular formula is C23H34N2O4S. The molecule has 7 heteroatoms. The van der Waals surface area contributed by atoms with Gasteiger partial charge in [0.05, 0.1) is 0 Å². The zero-order valence-electron chi connectivity index (χ0n) is 17.8. The summed E-state index contributed by atoms with van der Waals surface area (Å²) in [6.45, 7) is 3.70. The van der Waals surface area contributed by atoms with E-state index in [0.717, 1.165) is 51.5 Å². The number of aliphatic hydroxyl groups is 1. The molecule has 0 heterocycles. The van der Waals surface area contributed by atoms with Gasteiger partial charge in [-0.2, -0.15) is 13.6 Å². The predicted octanol–water partition coefficient (Wildman–Crippen LogP) is 3.37. The van der Waals surface area contributed by atoms with Crippen LogP contribution in [0, 0.1) is 17.3 Å². The minimum absolute atomic E-state index is 0.229. The van der Waals surface area contributed by atoms with Gasteiger partial charge >= 0.3 is 10.3 Å². The highest BCUT2D eigenvalue weighted by Gasteiger charge is 2.51. The number of unbranched alkanes of at least 4 members (excludes halogenated alkanes) is 2. The Morgan fingerprint density at radius 3 is 2.87 bits per heavy atom. The third-order valence-corrected chi connectivity index (χ3v) is 8.07. The van der Waals surface area contributed by atoms with Crippen molar-refractivity contribution in [1.82, 2.24) is 5.32 Å². The molecule has 4 N–H and O–H groups in total. The summed E-state index contributed by atoms with van der Waals surface area (Å²) < 4.78 is 27.4. The Labute approximate surface area is 180 Å². The van der Waals surface area contributed by atoms with Crippen LogP contribution in [-0.2, 0) is 16.7 Å². The zero-order valence-corrected chi connectivity index (χ0v) is 18.6. The summed E-state index contributed by atoms with van der Waals surface area (Å²) in [5, 5.41) is 17.7. The van der Waals surface area contributed by atoms with Crippen LogP contribution in [0.2, 0.25) is 0 Å². The van der Waals surface area contributed by atoms with Crippen LogP contribution in [0.5, 0.6) is 5.75 Å². The summed E-state index contributed by atoms with van der Waals surface area (Å²) in [7, 11) is -3.99. The van der Waals surface area contributed by atoms with E-state index in [-0.39, 0.29) is 12.0 Å². The Bertz CT molecular complexity index is 914. The molecule has 1 fully saturated rings. The third kappa shape index (κ3) is 4.25. The molecule has 166 valence electrons. The SMILES string of the molecule is C[C@]12CCC3c4ccc(OS(N)(=O)=O)cc4CCC3C1CC=C2NCCCCCO. The lowest BCUT2D eigenvalue weighted by atomic mass is 9.55. The summed E-state index contributed by atoms with van der Waals surface area (Å²) >= 11 is 0. The molecule has 0 amide bonds. The number of aliphatic hydroxyl groups excluding tert-OH is 1. The summed E-state index contributed by atoms with van der Waals surface area (Å²) in [5.41, 5.74) is 4.22. The second-order valence-electron chi connectivity index (χ2n) is 9.37. The second kappa shape index (κ2) is 8.52. The Hall–Kier alpha value is -1.57. The van der Waals surface area contributed by atoms with Crippen molar-refractivity contribution in [2.24, 2.45) is 22.4 Å². The first-order valence-electron chi connectivity index (χ1n) is 11.2. The minimum atomic E-state index is -3.99. The first-order valence-corrected chi connectivity index (χ1v) is 12.7. The number of benzene rings is 1. The Morgan fingerprint density at radius 1 is 1.27 bits per heavy atom. The smallest absolute Gasteiger partial charge is 0.380 e. The molecule has 30 heavy (non-hydrogen) atoms. The van der Waals surface area contributed by atoms with Crippen molar-refractivity contribution in [2.45, 2.75) is 64.2 Å². The van der Waals surface area contributed by atoms with Crippen molar-refractivity contribution < 1.29 is 17.7 Å². The zero-order chi connectivity index (χ0) is 21.4. The van der Waals surface area contributed by atoms with Crippen LogP contribution in [0.4, 0.5) is 0 Å². The summed E-state index contributed by atoms with van der Waals surface area (Å²) in [6.07, 6.45) is 11.0. The number of allylic oxidation sites excluding steroid dienone is 2. The first-order chi connectivity index (χ1) is 14.3. The maximum atomic E-state index is 11.2. The molecule has 1 aromatic rings. The standard InChI is InChI=1S/C23H34N2O4S/c1-23-12-11-19-18-8-6-17(29-30(24,27)28)15-16(18)5-7-20(19)21(23)9-10-22(23)25-13-3-2-4-14-26/h6,8,10,15,19-21,25-26H,2-5,7,9,11-14H2,1H3,(H2,24,27,28)/t19?,20?,21?,23-/m0/s1. The van der Waals surface area contributed by atoms with E-state index in [9.17, 15) is 8.42 Å². The number of fused-ring (bicyclic) bond motifs is 5. The van der Waals surface area contributed by atoms with Gasteiger partial charge in [-0.05, 0) is 92.4 Å². The lowest BCUT2D eigenvalue weighted by Crippen LogP contribution is -2.43. The topological polar surface area (TPSA) is 102 Å². The van der Waals surface area contributed by atoms with Crippen molar-refractivity contribution in [3.63, 3.8) is 0 Å². The maximum Gasteiger partial charge on any atom is 0.380 e. The lowest BCUT2D eigenvalue weighted by molar-refractivity contribution is 0.0709. The Balaban J connectivity index is 1.45. The number of aryl methyl sites for hydroxylation is 1. The number of nitrogens with one attached hydrogen (secondary N) is 1. The average molecular weight is 435 g/mol. The number of nitrogens with two attached hydrogens (primary N) is 1. The van der Waals surface area contributed by atoms with E-state index in [2.05, 4.69) is 24.4 Å². The highest BCUT2D eigenvalue weighted by molar-refractivity contribution is 7.84. The Morgan fingerprint density at radius 2 is 2.10 bits per heavy atom. The molecule has 0 aromatic heterocycles. The third-order valence-electron chi connectivity index (χ3n) is 7.64. The molecule has 4 rings (SSSR count). The molecule has 0 radical (unpaired) electrons. The van der Waals surface area contributed by atoms with Gasteiger partial charge in [0.15, 0.2) is 0 Å². The molecule has 6 nitrogen and oxygen atoms in total. The maximum absolute atomic E-state index is 11.2. The van der Waals surface area contributed by atoms with E-state index in [4.69, 9.17) is 14.4 Å². The van der Waals surface area contributed by atoms with Crippen LogP contribution in [0.1, 0.15) is 68.9 Å². The quantitative estimate of drug-likeness (QED) is 0.545. The van der Waals surface area contributed by atoms with E-state index in [1.807, 2.05) is 6.07 Å². The lowest BCUT2D eigenvalue weighted by Gasteiger charge is -2.50. The molecule has 0 aliphatic heterocycles. The van der Waals surface area contributed by atoms with Gasteiger partial charge in [0, 0.05) is 24.3 Å². The molecule has 0 spiro atoms. The van der Waals surface area contributed by atoms with E-state index >= 15 is 0 Å². The van der Waals surface area contributed by atoms with Crippen LogP contribution < -0.4 is 14.6 Å². The Kier molecular flexibility index (Phi) is 6.15. The van der Waals surface area contributed by atoms with Gasteiger partial charge in [0.25, 0.3) is 0 Å². The van der Waals surface area contributed by atoms with Crippen LogP contribution in [0.25, 0.3) is 0 Å². The number of rotatable bonds is 8. The largest absolute Gasteiger partial charge is 0.396 e. The first kappa shape index (κ1) is 21.7. The molecule has 3 unspecified atom stereocenters. The molecule has 3 aliphatic rings. The summed E-state index contributed by atoms with van der Waals surface area (Å²) in [5.74, 6) is 2.16. The summed E-state index contributed by atoms with van der Waals surface area (Å²) in [4.78, 5) is 0. The van der Waals surface area contributed by atoms with Gasteiger partial charge in [0.1, 0.15) is 5.75 Å². The monoisotopic (exact) mass is 434 g/mol. The van der Waals surface area contributed by atoms with Crippen molar-refractivity contribution in [1.29, 1.82) is 0 Å². The van der Waals surface area contributed by atoms with Gasteiger partial charge in [0.2, 0.25) is 0 Å². The molecule has 4 atom stereocenters. The van der Waals surface area contributed by atoms with Crippen LogP contribution in [0.15, 0.2) is 30.0 Å². The second-order valence-corrected chi connectivity index (χ2v) is 10.5. The average Bonchev–Trinajstić information content (AvgIpc) is 3.02. The van der Waals surface area contributed by atoms with Gasteiger partial charge in [-0.1, -0.05) is 19.1 Å². The fourth-order valence-electron chi connectivity index (χ4n) is 6.22. The van der Waals surface area contributed by atoms with Gasteiger partial charge in [-0.25, -0.2) is 0 Å². The van der Waals surface area contributed by atoms with Crippen molar-refractivity contribution in [2.75, 3.05) is 13.2 Å². The van der Waals surface area contributed by atoms with Crippen molar-refractivity contribution in [3.05, 3.63) is 41.1 Å².